The molecule has 2 aromatic rings. The molecule has 0 unspecified atom stereocenters. The molecule has 0 atom stereocenters. The number of carbonyl (C=O) groups is 1. The molecule has 1 aliphatic heterocycles. The van der Waals surface area contributed by atoms with Crippen LogP contribution in [0.25, 0.3) is 11.4 Å². The summed E-state index contributed by atoms with van der Waals surface area (Å²) in [5.41, 5.74) is 2.69. The first-order chi connectivity index (χ1) is 11.8. The average Bonchev–Trinajstić information content (AvgIpc) is 2.67. The van der Waals surface area contributed by atoms with Crippen LogP contribution in [0.2, 0.25) is 0 Å². The number of rotatable bonds is 6. The van der Waals surface area contributed by atoms with Crippen molar-refractivity contribution < 1.29 is 14.6 Å². The number of Topliss-reactive ketones (excluding diaryl/α,β-unsaturated/α-hetero) is 1. The van der Waals surface area contributed by atoms with E-state index in [2.05, 4.69) is 9.97 Å². The Morgan fingerprint density at radius 3 is 2.79 bits per heavy atom. The van der Waals surface area contributed by atoms with Crippen LogP contribution in [0.15, 0.2) is 48.4 Å². The zero-order chi connectivity index (χ0) is 16.8. The van der Waals surface area contributed by atoms with Crippen molar-refractivity contribution in [2.75, 3.05) is 13.2 Å². The molecule has 5 nitrogen and oxygen atoms in total. The van der Waals surface area contributed by atoms with E-state index in [-0.39, 0.29) is 12.4 Å². The second kappa shape index (κ2) is 7.84. The van der Waals surface area contributed by atoms with E-state index in [0.717, 1.165) is 17.5 Å². The lowest BCUT2D eigenvalue weighted by molar-refractivity contribution is 0.100. The van der Waals surface area contributed by atoms with Crippen LogP contribution in [0.5, 0.6) is 0 Å². The third-order valence-electron chi connectivity index (χ3n) is 3.94. The Kier molecular flexibility index (Phi) is 5.33. The van der Waals surface area contributed by atoms with Gasteiger partial charge in [0.1, 0.15) is 5.69 Å². The van der Waals surface area contributed by atoms with Gasteiger partial charge in [0.15, 0.2) is 5.82 Å². The van der Waals surface area contributed by atoms with Crippen molar-refractivity contribution in [3.05, 3.63) is 59.6 Å². The third-order valence-corrected chi connectivity index (χ3v) is 3.94. The number of allylic oxidation sites excluding steroid dienone is 1. The van der Waals surface area contributed by atoms with E-state index in [9.17, 15) is 4.79 Å². The first kappa shape index (κ1) is 16.3. The number of aryl methyl sites for hydroxylation is 1. The maximum atomic E-state index is 12.9. The summed E-state index contributed by atoms with van der Waals surface area (Å²) in [7, 11) is 0. The molecule has 0 bridgehead atoms. The predicted octanol–water partition coefficient (Wildman–Crippen LogP) is 2.95. The van der Waals surface area contributed by atoms with Gasteiger partial charge in [-0.1, -0.05) is 30.3 Å². The minimum absolute atomic E-state index is 0.0693. The van der Waals surface area contributed by atoms with Gasteiger partial charge in [0.2, 0.25) is 5.78 Å². The lowest BCUT2D eigenvalue weighted by atomic mass is 9.99. The Balaban J connectivity index is 1.99. The van der Waals surface area contributed by atoms with Crippen LogP contribution in [-0.2, 0) is 11.2 Å². The average molecular weight is 324 g/mol. The Bertz CT molecular complexity index is 742. The molecule has 5 heteroatoms. The molecule has 0 spiro atoms. The summed E-state index contributed by atoms with van der Waals surface area (Å²) in [6, 6.07) is 9.59. The first-order valence-electron chi connectivity index (χ1n) is 8.17. The highest BCUT2D eigenvalue weighted by Crippen LogP contribution is 2.22. The van der Waals surface area contributed by atoms with Gasteiger partial charge in [0.05, 0.1) is 12.9 Å². The van der Waals surface area contributed by atoms with E-state index in [4.69, 9.17) is 9.84 Å². The molecular formula is C19H20N2O3. The number of hydrogen-bond donors (Lipinski definition) is 1. The number of ketones is 1. The number of ether oxygens (including phenoxy) is 1. The summed E-state index contributed by atoms with van der Waals surface area (Å²) in [4.78, 5) is 21.8. The zero-order valence-corrected chi connectivity index (χ0v) is 13.4. The molecule has 0 saturated carbocycles. The van der Waals surface area contributed by atoms with Crippen molar-refractivity contribution in [2.24, 2.45) is 0 Å². The van der Waals surface area contributed by atoms with E-state index in [1.54, 1.807) is 12.5 Å². The summed E-state index contributed by atoms with van der Waals surface area (Å²) in [5, 5.41) is 9.08. The third kappa shape index (κ3) is 3.68. The number of aliphatic hydroxyl groups is 1. The number of hydrogen-bond acceptors (Lipinski definition) is 5. The smallest absolute Gasteiger partial charge is 0.210 e. The molecule has 1 N–H and O–H groups in total. The molecule has 0 saturated heterocycles. The van der Waals surface area contributed by atoms with Gasteiger partial charge < -0.3 is 9.84 Å². The largest absolute Gasteiger partial charge is 0.501 e. The van der Waals surface area contributed by atoms with E-state index >= 15 is 0 Å². The van der Waals surface area contributed by atoms with Gasteiger partial charge >= 0.3 is 0 Å². The van der Waals surface area contributed by atoms with Gasteiger partial charge in [-0.3, -0.25) is 4.79 Å². The highest BCUT2D eigenvalue weighted by Gasteiger charge is 2.21. The molecule has 1 aliphatic rings. The van der Waals surface area contributed by atoms with E-state index in [0.29, 0.717) is 43.0 Å². The van der Waals surface area contributed by atoms with Crippen molar-refractivity contribution in [1.29, 1.82) is 0 Å². The zero-order valence-electron chi connectivity index (χ0n) is 13.4. The lowest BCUT2D eigenvalue weighted by Gasteiger charge is -2.14. The van der Waals surface area contributed by atoms with E-state index in [1.807, 2.05) is 30.3 Å². The molecule has 1 aromatic carbocycles. The molecule has 24 heavy (non-hydrogen) atoms. The highest BCUT2D eigenvalue weighted by atomic mass is 16.5. The normalized spacial score (nSPS) is 14.0. The van der Waals surface area contributed by atoms with Gasteiger partial charge in [-0.05, 0) is 25.7 Å². The van der Waals surface area contributed by atoms with Crippen molar-refractivity contribution in [3.8, 4) is 11.4 Å². The lowest BCUT2D eigenvalue weighted by Crippen LogP contribution is -2.14. The molecule has 0 aliphatic carbocycles. The topological polar surface area (TPSA) is 72.3 Å². The maximum absolute atomic E-state index is 12.9. The summed E-state index contributed by atoms with van der Waals surface area (Å²) < 4.78 is 5.29. The molecule has 0 fully saturated rings. The van der Waals surface area contributed by atoms with Crippen LogP contribution < -0.4 is 0 Å². The van der Waals surface area contributed by atoms with Gasteiger partial charge in [0, 0.05) is 29.5 Å². The standard InChI is InChI=1S/C19H20N2O3/c22-10-4-8-15-12-20-19(14-6-2-1-3-7-14)21-17(15)18(23)16-9-5-11-24-13-16/h1-3,6-7,12-13,22H,4-5,8-11H2. The summed E-state index contributed by atoms with van der Waals surface area (Å²) in [6.45, 7) is 0.715. The van der Waals surface area contributed by atoms with Crippen molar-refractivity contribution >= 4 is 5.78 Å². The van der Waals surface area contributed by atoms with Crippen LogP contribution in [0, 0.1) is 0 Å². The molecule has 0 amide bonds. The second-order valence-electron chi connectivity index (χ2n) is 5.71. The van der Waals surface area contributed by atoms with Crippen LogP contribution in [-0.4, -0.2) is 34.1 Å². The quantitative estimate of drug-likeness (QED) is 0.827. The van der Waals surface area contributed by atoms with Crippen LogP contribution in [0.1, 0.15) is 35.3 Å². The van der Waals surface area contributed by atoms with E-state index in [1.165, 1.54) is 0 Å². The second-order valence-corrected chi connectivity index (χ2v) is 5.71. The van der Waals surface area contributed by atoms with Gasteiger partial charge in [-0.2, -0.15) is 0 Å². The maximum Gasteiger partial charge on any atom is 0.210 e. The van der Waals surface area contributed by atoms with Crippen molar-refractivity contribution in [2.45, 2.75) is 25.7 Å². The molecule has 3 rings (SSSR count). The SMILES string of the molecule is O=C(C1=COCCC1)c1nc(-c2ccccc2)ncc1CCCO. The minimum atomic E-state index is -0.109. The number of benzene rings is 1. The minimum Gasteiger partial charge on any atom is -0.501 e. The van der Waals surface area contributed by atoms with Crippen LogP contribution in [0.4, 0.5) is 0 Å². The highest BCUT2D eigenvalue weighted by molar-refractivity contribution is 6.08. The predicted molar refractivity (Wildman–Crippen MR) is 90.5 cm³/mol. The van der Waals surface area contributed by atoms with Gasteiger partial charge in [0.25, 0.3) is 0 Å². The Labute approximate surface area is 141 Å². The van der Waals surface area contributed by atoms with Gasteiger partial charge in [-0.15, -0.1) is 0 Å². The number of nitrogens with zero attached hydrogens (tertiary/aromatic N) is 2. The number of aromatic nitrogens is 2. The Morgan fingerprint density at radius 1 is 1.25 bits per heavy atom. The fourth-order valence-corrected chi connectivity index (χ4v) is 2.67. The fraction of sp³-hybridized carbons (Fsp3) is 0.316. The first-order valence-corrected chi connectivity index (χ1v) is 8.17. The summed E-state index contributed by atoms with van der Waals surface area (Å²) in [5.74, 6) is 0.422. The molecule has 0 radical (unpaired) electrons. The Hall–Kier alpha value is -2.53. The molecule has 124 valence electrons. The molecule has 1 aromatic heterocycles. The molecule has 2 heterocycles. The van der Waals surface area contributed by atoms with Crippen LogP contribution in [0.3, 0.4) is 0 Å². The number of aliphatic hydroxyl groups excluding tert-OH is 1. The Morgan fingerprint density at radius 2 is 2.08 bits per heavy atom. The number of carbonyl (C=O) groups excluding carboxylic acids is 1. The van der Waals surface area contributed by atoms with Gasteiger partial charge in [-0.25, -0.2) is 9.97 Å². The fourth-order valence-electron chi connectivity index (χ4n) is 2.67. The summed E-state index contributed by atoms with van der Waals surface area (Å²) in [6.07, 6.45) is 5.92. The van der Waals surface area contributed by atoms with E-state index < -0.39 is 0 Å². The summed E-state index contributed by atoms with van der Waals surface area (Å²) >= 11 is 0. The monoisotopic (exact) mass is 324 g/mol. The van der Waals surface area contributed by atoms with Crippen LogP contribution >= 0.6 is 0 Å². The van der Waals surface area contributed by atoms with Crippen molar-refractivity contribution in [1.82, 2.24) is 9.97 Å². The van der Waals surface area contributed by atoms with Crippen molar-refractivity contribution in [3.63, 3.8) is 0 Å². The molecular weight excluding hydrogens is 304 g/mol.